The predicted octanol–water partition coefficient (Wildman–Crippen LogP) is 2.43. The Bertz CT molecular complexity index is 471. The first-order valence-electron chi connectivity index (χ1n) is 7.02. The average Bonchev–Trinajstić information content (AvgIpc) is 2.81. The summed E-state index contributed by atoms with van der Waals surface area (Å²) >= 11 is 5.87. The minimum atomic E-state index is -0.741. The number of aliphatic hydroxyl groups is 1. The number of amides is 1. The maximum Gasteiger partial charge on any atom is 0.220 e. The number of carbonyl (C=O) groups is 1. The molecule has 0 aliphatic heterocycles. The van der Waals surface area contributed by atoms with Gasteiger partial charge in [-0.2, -0.15) is 0 Å². The van der Waals surface area contributed by atoms with Crippen LogP contribution in [-0.2, 0) is 4.79 Å². The number of hydrogen-bond donors (Lipinski definition) is 3. The van der Waals surface area contributed by atoms with Gasteiger partial charge in [0.15, 0.2) is 0 Å². The van der Waals surface area contributed by atoms with E-state index in [0.717, 1.165) is 19.3 Å². The molecule has 0 spiro atoms. The molecular weight excluding hydrogens is 311 g/mol. The van der Waals surface area contributed by atoms with Crippen LogP contribution >= 0.6 is 24.0 Å². The zero-order valence-corrected chi connectivity index (χ0v) is 13.4. The number of nitrogens with one attached hydrogen (secondary N) is 1. The molecule has 1 aliphatic carbocycles. The largest absolute Gasteiger partial charge is 0.387 e. The number of halogens is 2. The molecule has 3 atom stereocenters. The standard InChI is InChI=1S/C15H21ClN2O2.ClH/c16-12-5-1-4-11(7-12)14(19)9-18-15(20)8-10-3-2-6-13(10)17;/h1,4-5,7,10,13-14,19H,2-3,6,8-9,17H2,(H,18,20);1H/t10-,13+,14?;/m0./s1. The predicted molar refractivity (Wildman–Crippen MR) is 86.6 cm³/mol. The van der Waals surface area contributed by atoms with Crippen LogP contribution in [0.5, 0.6) is 0 Å². The quantitative estimate of drug-likeness (QED) is 0.775. The third kappa shape index (κ3) is 5.47. The fourth-order valence-corrected chi connectivity index (χ4v) is 2.87. The summed E-state index contributed by atoms with van der Waals surface area (Å²) < 4.78 is 0. The highest BCUT2D eigenvalue weighted by Gasteiger charge is 2.26. The summed E-state index contributed by atoms with van der Waals surface area (Å²) in [6.45, 7) is 0.196. The van der Waals surface area contributed by atoms with Crippen molar-refractivity contribution in [2.75, 3.05) is 6.54 Å². The number of benzene rings is 1. The second-order valence-electron chi connectivity index (χ2n) is 5.43. The number of rotatable bonds is 5. The molecule has 1 aliphatic rings. The van der Waals surface area contributed by atoms with Crippen molar-refractivity contribution < 1.29 is 9.90 Å². The van der Waals surface area contributed by atoms with Gasteiger partial charge in [-0.15, -0.1) is 12.4 Å². The van der Waals surface area contributed by atoms with Crippen molar-refractivity contribution in [1.82, 2.24) is 5.32 Å². The first-order valence-corrected chi connectivity index (χ1v) is 7.40. The highest BCUT2D eigenvalue weighted by molar-refractivity contribution is 6.30. The van der Waals surface area contributed by atoms with Gasteiger partial charge in [0.2, 0.25) is 5.91 Å². The van der Waals surface area contributed by atoms with Crippen molar-refractivity contribution in [2.24, 2.45) is 11.7 Å². The Morgan fingerprint density at radius 2 is 2.24 bits per heavy atom. The monoisotopic (exact) mass is 332 g/mol. The van der Waals surface area contributed by atoms with Gasteiger partial charge in [0.05, 0.1) is 6.10 Å². The second-order valence-corrected chi connectivity index (χ2v) is 5.87. The minimum absolute atomic E-state index is 0. The van der Waals surface area contributed by atoms with Crippen LogP contribution in [-0.4, -0.2) is 23.6 Å². The van der Waals surface area contributed by atoms with Gasteiger partial charge in [0.25, 0.3) is 0 Å². The summed E-state index contributed by atoms with van der Waals surface area (Å²) in [5.41, 5.74) is 6.65. The lowest BCUT2D eigenvalue weighted by Crippen LogP contribution is -2.33. The van der Waals surface area contributed by atoms with E-state index in [4.69, 9.17) is 17.3 Å². The lowest BCUT2D eigenvalue weighted by atomic mass is 10.00. The lowest BCUT2D eigenvalue weighted by molar-refractivity contribution is -0.122. The van der Waals surface area contributed by atoms with Gasteiger partial charge >= 0.3 is 0 Å². The van der Waals surface area contributed by atoms with Gasteiger partial charge < -0.3 is 16.2 Å². The van der Waals surface area contributed by atoms with Crippen molar-refractivity contribution in [1.29, 1.82) is 0 Å². The zero-order valence-electron chi connectivity index (χ0n) is 11.8. The Morgan fingerprint density at radius 1 is 1.48 bits per heavy atom. The molecule has 2 rings (SSSR count). The van der Waals surface area contributed by atoms with E-state index in [9.17, 15) is 9.90 Å². The van der Waals surface area contributed by atoms with Crippen molar-refractivity contribution >= 4 is 29.9 Å². The van der Waals surface area contributed by atoms with Gasteiger partial charge in [-0.05, 0) is 36.5 Å². The highest BCUT2D eigenvalue weighted by Crippen LogP contribution is 2.26. The SMILES string of the molecule is Cl.N[C@@H]1CCC[C@H]1CC(=O)NCC(O)c1cccc(Cl)c1. The molecule has 1 aromatic rings. The Balaban J connectivity index is 0.00000220. The van der Waals surface area contributed by atoms with Gasteiger partial charge in [-0.3, -0.25) is 4.79 Å². The van der Waals surface area contributed by atoms with Gasteiger partial charge in [0, 0.05) is 24.0 Å². The molecule has 4 nitrogen and oxygen atoms in total. The molecule has 21 heavy (non-hydrogen) atoms. The summed E-state index contributed by atoms with van der Waals surface area (Å²) in [5.74, 6) is 0.228. The molecule has 4 N–H and O–H groups in total. The van der Waals surface area contributed by atoms with Crippen LogP contribution in [0.1, 0.15) is 37.4 Å². The van der Waals surface area contributed by atoms with E-state index in [1.54, 1.807) is 24.3 Å². The van der Waals surface area contributed by atoms with Crippen molar-refractivity contribution in [3.05, 3.63) is 34.9 Å². The first kappa shape index (κ1) is 18.2. The first-order chi connectivity index (χ1) is 9.56. The van der Waals surface area contributed by atoms with E-state index < -0.39 is 6.10 Å². The number of carbonyl (C=O) groups excluding carboxylic acids is 1. The van der Waals surface area contributed by atoms with E-state index in [1.807, 2.05) is 0 Å². The Labute approximate surface area is 136 Å². The fourth-order valence-electron chi connectivity index (χ4n) is 2.67. The second kappa shape index (κ2) is 8.59. The molecule has 1 fully saturated rings. The van der Waals surface area contributed by atoms with E-state index >= 15 is 0 Å². The van der Waals surface area contributed by atoms with Crippen LogP contribution in [0.4, 0.5) is 0 Å². The van der Waals surface area contributed by atoms with E-state index in [-0.39, 0.29) is 36.8 Å². The zero-order chi connectivity index (χ0) is 14.5. The molecular formula is C15H22Cl2N2O2. The summed E-state index contributed by atoms with van der Waals surface area (Å²) in [5, 5.41) is 13.3. The normalized spacial score (nSPS) is 22.4. The topological polar surface area (TPSA) is 75.4 Å². The number of hydrogen-bond acceptors (Lipinski definition) is 3. The molecule has 0 heterocycles. The fraction of sp³-hybridized carbons (Fsp3) is 0.533. The molecule has 1 saturated carbocycles. The van der Waals surface area contributed by atoms with Crippen molar-refractivity contribution in [3.63, 3.8) is 0 Å². The molecule has 0 saturated heterocycles. The Kier molecular flexibility index (Phi) is 7.46. The van der Waals surface area contributed by atoms with Gasteiger partial charge in [-0.1, -0.05) is 30.2 Å². The molecule has 0 radical (unpaired) electrons. The highest BCUT2D eigenvalue weighted by atomic mass is 35.5. The molecule has 118 valence electrons. The Morgan fingerprint density at radius 3 is 2.86 bits per heavy atom. The molecule has 1 unspecified atom stereocenters. The van der Waals surface area contributed by atoms with Crippen LogP contribution in [0.3, 0.4) is 0 Å². The van der Waals surface area contributed by atoms with E-state index in [1.165, 1.54) is 0 Å². The molecule has 0 bridgehead atoms. The Hall–Kier alpha value is -0.810. The van der Waals surface area contributed by atoms with Crippen LogP contribution in [0.15, 0.2) is 24.3 Å². The van der Waals surface area contributed by atoms with Crippen molar-refractivity contribution in [2.45, 2.75) is 37.8 Å². The lowest BCUT2D eigenvalue weighted by Gasteiger charge is -2.16. The van der Waals surface area contributed by atoms with Crippen molar-refractivity contribution in [3.8, 4) is 0 Å². The summed E-state index contributed by atoms with van der Waals surface area (Å²) in [6.07, 6.45) is 2.83. The summed E-state index contributed by atoms with van der Waals surface area (Å²) in [7, 11) is 0. The van der Waals surface area contributed by atoms with Crippen LogP contribution in [0, 0.1) is 5.92 Å². The molecule has 6 heteroatoms. The number of nitrogens with two attached hydrogens (primary N) is 1. The van der Waals surface area contributed by atoms with E-state index in [0.29, 0.717) is 17.0 Å². The maximum absolute atomic E-state index is 11.8. The molecule has 1 aromatic carbocycles. The smallest absolute Gasteiger partial charge is 0.220 e. The van der Waals surface area contributed by atoms with Crippen LogP contribution in [0.25, 0.3) is 0 Å². The van der Waals surface area contributed by atoms with Crippen LogP contribution in [0.2, 0.25) is 5.02 Å². The van der Waals surface area contributed by atoms with Gasteiger partial charge in [-0.25, -0.2) is 0 Å². The molecule has 0 aromatic heterocycles. The van der Waals surface area contributed by atoms with E-state index in [2.05, 4.69) is 5.32 Å². The average molecular weight is 333 g/mol. The summed E-state index contributed by atoms with van der Waals surface area (Å²) in [6, 6.07) is 7.15. The minimum Gasteiger partial charge on any atom is -0.387 e. The number of aliphatic hydroxyl groups excluding tert-OH is 1. The van der Waals surface area contributed by atoms with Crippen LogP contribution < -0.4 is 11.1 Å². The molecule has 1 amide bonds. The van der Waals surface area contributed by atoms with Gasteiger partial charge in [0.1, 0.15) is 0 Å². The third-order valence-electron chi connectivity index (χ3n) is 3.89. The third-order valence-corrected chi connectivity index (χ3v) is 4.13. The maximum atomic E-state index is 11.8. The summed E-state index contributed by atoms with van der Waals surface area (Å²) in [4.78, 5) is 11.8.